The molecule has 1 aliphatic rings. The molecule has 2 aromatic carbocycles. The van der Waals surface area contributed by atoms with E-state index in [1.165, 1.54) is 5.56 Å². The van der Waals surface area contributed by atoms with Crippen LogP contribution < -0.4 is 4.74 Å². The number of benzene rings is 2. The maximum Gasteiger partial charge on any atom is 0.247 e. The summed E-state index contributed by atoms with van der Waals surface area (Å²) in [6, 6.07) is 18.0. The number of para-hydroxylation sites is 1. The van der Waals surface area contributed by atoms with Crippen molar-refractivity contribution in [3.05, 3.63) is 71.8 Å². The lowest BCUT2D eigenvalue weighted by molar-refractivity contribution is -0.130. The minimum absolute atomic E-state index is 0.0351. The second-order valence-electron chi connectivity index (χ2n) is 6.30. The Morgan fingerprint density at radius 2 is 1.80 bits per heavy atom. The molecule has 1 unspecified atom stereocenters. The third kappa shape index (κ3) is 4.09. The van der Waals surface area contributed by atoms with Gasteiger partial charge in [0.05, 0.1) is 13.2 Å². The highest BCUT2D eigenvalue weighted by molar-refractivity contribution is 5.92. The number of nitrogens with zero attached hydrogens (tertiary/aromatic N) is 2. The van der Waals surface area contributed by atoms with E-state index in [0.29, 0.717) is 0 Å². The number of likely N-dealkylation sites (N-methyl/N-ethyl adjacent to an activating group) is 1. The number of carbonyl (C=O) groups is 1. The number of rotatable bonds is 4. The molecule has 130 valence electrons. The molecule has 0 aromatic heterocycles. The molecule has 1 amide bonds. The van der Waals surface area contributed by atoms with Gasteiger partial charge in [0.1, 0.15) is 5.75 Å². The molecule has 0 bridgehead atoms. The molecular weight excluding hydrogens is 312 g/mol. The van der Waals surface area contributed by atoms with Crippen LogP contribution in [0.2, 0.25) is 0 Å². The molecule has 2 aromatic rings. The monoisotopic (exact) mass is 336 g/mol. The molecule has 4 heteroatoms. The smallest absolute Gasteiger partial charge is 0.247 e. The Kier molecular flexibility index (Phi) is 5.51. The summed E-state index contributed by atoms with van der Waals surface area (Å²) in [6.45, 7) is 2.46. The molecule has 1 heterocycles. The fraction of sp³-hybridized carbons (Fsp3) is 0.286. The van der Waals surface area contributed by atoms with Gasteiger partial charge in [-0.3, -0.25) is 4.79 Å². The van der Waals surface area contributed by atoms with Crippen LogP contribution in [0.15, 0.2) is 60.7 Å². The van der Waals surface area contributed by atoms with Crippen LogP contribution in [-0.2, 0) is 4.79 Å². The molecule has 0 saturated carbocycles. The van der Waals surface area contributed by atoms with Crippen molar-refractivity contribution >= 4 is 12.0 Å². The quantitative estimate of drug-likeness (QED) is 0.804. The zero-order valence-corrected chi connectivity index (χ0v) is 14.8. The largest absolute Gasteiger partial charge is 0.496 e. The average Bonchev–Trinajstić information content (AvgIpc) is 2.67. The number of methoxy groups -OCH3 is 1. The van der Waals surface area contributed by atoms with Crippen LogP contribution in [-0.4, -0.2) is 49.5 Å². The fourth-order valence-corrected chi connectivity index (χ4v) is 3.20. The van der Waals surface area contributed by atoms with Gasteiger partial charge < -0.3 is 14.5 Å². The van der Waals surface area contributed by atoms with Crippen molar-refractivity contribution in [2.45, 2.75) is 6.04 Å². The van der Waals surface area contributed by atoms with E-state index in [1.807, 2.05) is 53.4 Å². The van der Waals surface area contributed by atoms with Crippen LogP contribution in [0.4, 0.5) is 0 Å². The SMILES string of the molecule is COc1ccccc1/C=C/C(=O)N1CCN(C)CC1c1ccccc1. The van der Waals surface area contributed by atoms with Gasteiger partial charge in [-0.1, -0.05) is 48.5 Å². The average molecular weight is 336 g/mol. The number of hydrogen-bond acceptors (Lipinski definition) is 3. The van der Waals surface area contributed by atoms with Gasteiger partial charge in [0.15, 0.2) is 0 Å². The van der Waals surface area contributed by atoms with Gasteiger partial charge in [-0.15, -0.1) is 0 Å². The first-order valence-electron chi connectivity index (χ1n) is 8.54. The number of piperazine rings is 1. The minimum atomic E-state index is 0.0351. The van der Waals surface area contributed by atoms with Gasteiger partial charge in [-0.05, 0) is 24.8 Å². The van der Waals surface area contributed by atoms with Crippen LogP contribution in [0.3, 0.4) is 0 Å². The van der Waals surface area contributed by atoms with Crippen LogP contribution in [0.5, 0.6) is 5.75 Å². The van der Waals surface area contributed by atoms with Crippen LogP contribution in [0, 0.1) is 0 Å². The zero-order chi connectivity index (χ0) is 17.6. The summed E-state index contributed by atoms with van der Waals surface area (Å²) >= 11 is 0. The van der Waals surface area contributed by atoms with Crippen molar-refractivity contribution in [3.63, 3.8) is 0 Å². The first-order chi connectivity index (χ1) is 12.2. The minimum Gasteiger partial charge on any atom is -0.496 e. The Morgan fingerprint density at radius 3 is 2.56 bits per heavy atom. The molecule has 0 N–H and O–H groups in total. The predicted molar refractivity (Wildman–Crippen MR) is 100 cm³/mol. The van der Waals surface area contributed by atoms with E-state index in [4.69, 9.17) is 4.74 Å². The van der Waals surface area contributed by atoms with E-state index >= 15 is 0 Å². The molecule has 1 atom stereocenters. The van der Waals surface area contributed by atoms with E-state index in [1.54, 1.807) is 13.2 Å². The van der Waals surface area contributed by atoms with Crippen molar-refractivity contribution < 1.29 is 9.53 Å². The van der Waals surface area contributed by atoms with Crippen LogP contribution in [0.1, 0.15) is 17.2 Å². The summed E-state index contributed by atoms with van der Waals surface area (Å²) < 4.78 is 5.34. The summed E-state index contributed by atoms with van der Waals surface area (Å²) in [7, 11) is 3.74. The van der Waals surface area contributed by atoms with Crippen molar-refractivity contribution in [1.29, 1.82) is 0 Å². The highest BCUT2D eigenvalue weighted by Crippen LogP contribution is 2.25. The maximum absolute atomic E-state index is 12.8. The summed E-state index contributed by atoms with van der Waals surface area (Å²) in [5, 5.41) is 0. The Balaban J connectivity index is 1.80. The zero-order valence-electron chi connectivity index (χ0n) is 14.8. The molecule has 0 spiro atoms. The third-order valence-corrected chi connectivity index (χ3v) is 4.60. The van der Waals surface area contributed by atoms with Gasteiger partial charge in [-0.25, -0.2) is 0 Å². The van der Waals surface area contributed by atoms with Gasteiger partial charge in [0.25, 0.3) is 0 Å². The number of ether oxygens (including phenoxy) is 1. The lowest BCUT2D eigenvalue weighted by atomic mass is 10.0. The van der Waals surface area contributed by atoms with Crippen molar-refractivity contribution in [2.24, 2.45) is 0 Å². The highest BCUT2D eigenvalue weighted by atomic mass is 16.5. The Hall–Kier alpha value is -2.59. The Bertz CT molecular complexity index is 743. The summed E-state index contributed by atoms with van der Waals surface area (Å²) in [5.41, 5.74) is 2.08. The van der Waals surface area contributed by atoms with Gasteiger partial charge in [-0.2, -0.15) is 0 Å². The first-order valence-corrected chi connectivity index (χ1v) is 8.54. The van der Waals surface area contributed by atoms with Crippen molar-refractivity contribution in [1.82, 2.24) is 9.80 Å². The van der Waals surface area contributed by atoms with Gasteiger partial charge in [0, 0.05) is 31.3 Å². The van der Waals surface area contributed by atoms with Gasteiger partial charge >= 0.3 is 0 Å². The molecule has 3 rings (SSSR count). The molecular formula is C21H24N2O2. The molecule has 0 radical (unpaired) electrons. The molecule has 1 fully saturated rings. The summed E-state index contributed by atoms with van der Waals surface area (Å²) in [5.74, 6) is 0.803. The predicted octanol–water partition coefficient (Wildman–Crippen LogP) is 3.22. The van der Waals surface area contributed by atoms with E-state index in [9.17, 15) is 4.79 Å². The van der Waals surface area contributed by atoms with Crippen molar-refractivity contribution in [3.8, 4) is 5.75 Å². The number of carbonyl (C=O) groups excluding carboxylic acids is 1. The first kappa shape index (κ1) is 17.2. The Morgan fingerprint density at radius 1 is 1.08 bits per heavy atom. The second-order valence-corrected chi connectivity index (χ2v) is 6.30. The second kappa shape index (κ2) is 7.99. The highest BCUT2D eigenvalue weighted by Gasteiger charge is 2.28. The number of hydrogen-bond donors (Lipinski definition) is 0. The van der Waals surface area contributed by atoms with Crippen LogP contribution >= 0.6 is 0 Å². The Labute approximate surface area is 149 Å². The molecule has 4 nitrogen and oxygen atoms in total. The van der Waals surface area contributed by atoms with Crippen molar-refractivity contribution in [2.75, 3.05) is 33.8 Å². The molecule has 1 saturated heterocycles. The lowest BCUT2D eigenvalue weighted by Crippen LogP contribution is -2.48. The summed E-state index contributed by atoms with van der Waals surface area (Å²) in [6.07, 6.45) is 3.49. The maximum atomic E-state index is 12.8. The number of amides is 1. The molecule has 25 heavy (non-hydrogen) atoms. The topological polar surface area (TPSA) is 32.8 Å². The standard InChI is InChI=1S/C21H24N2O2/c1-22-14-15-23(19(16-22)17-8-4-3-5-9-17)21(24)13-12-18-10-6-7-11-20(18)25-2/h3-13,19H,14-16H2,1-2H3/b13-12+. The molecule has 0 aliphatic carbocycles. The van der Waals surface area contributed by atoms with E-state index < -0.39 is 0 Å². The third-order valence-electron chi connectivity index (χ3n) is 4.60. The van der Waals surface area contributed by atoms with E-state index in [0.717, 1.165) is 30.9 Å². The normalized spacial score (nSPS) is 18.5. The lowest BCUT2D eigenvalue weighted by Gasteiger charge is -2.40. The van der Waals surface area contributed by atoms with E-state index in [-0.39, 0.29) is 11.9 Å². The molecule has 1 aliphatic heterocycles. The van der Waals surface area contributed by atoms with Gasteiger partial charge in [0.2, 0.25) is 5.91 Å². The fourth-order valence-electron chi connectivity index (χ4n) is 3.20. The summed E-state index contributed by atoms with van der Waals surface area (Å²) in [4.78, 5) is 17.1. The van der Waals surface area contributed by atoms with E-state index in [2.05, 4.69) is 24.1 Å². The van der Waals surface area contributed by atoms with Crippen LogP contribution in [0.25, 0.3) is 6.08 Å².